The second kappa shape index (κ2) is 18.9. The summed E-state index contributed by atoms with van der Waals surface area (Å²) < 4.78 is 73.5. The molecule has 0 unspecified atom stereocenters. The van der Waals surface area contributed by atoms with E-state index in [-0.39, 0.29) is 117 Å². The van der Waals surface area contributed by atoms with E-state index in [1.54, 1.807) is 12.1 Å². The minimum absolute atomic E-state index is 0. The molecule has 0 saturated heterocycles. The van der Waals surface area contributed by atoms with Gasteiger partial charge in [-0.05, 0) is 47.9 Å². The van der Waals surface area contributed by atoms with Gasteiger partial charge in [-0.15, -0.1) is 9.45 Å². The minimum atomic E-state index is -4.68. The number of halogens is 2. The molecule has 0 aliphatic heterocycles. The van der Waals surface area contributed by atoms with Gasteiger partial charge in [0, 0.05) is 24.0 Å². The molecule has 0 heterocycles. The molecule has 0 fully saturated rings. The average molecular weight is 828 g/mol. The van der Waals surface area contributed by atoms with Crippen LogP contribution in [0.3, 0.4) is 0 Å². The van der Waals surface area contributed by atoms with Gasteiger partial charge in [-0.2, -0.15) is 5.11 Å². The third kappa shape index (κ3) is 12.2. The summed E-state index contributed by atoms with van der Waals surface area (Å²) in [6, 6.07) is 12.5. The monoisotopic (exact) mass is 828 g/mol. The van der Waals surface area contributed by atoms with Crippen molar-refractivity contribution >= 4 is 95.8 Å². The van der Waals surface area contributed by atoms with Gasteiger partial charge in [0.25, 0.3) is 0 Å². The molecule has 3 aromatic rings. The van der Waals surface area contributed by atoms with Crippen molar-refractivity contribution in [2.75, 3.05) is 18.1 Å². The Morgan fingerprint density at radius 1 is 1.00 bits per heavy atom. The summed E-state index contributed by atoms with van der Waals surface area (Å²) in [6.07, 6.45) is 0. The van der Waals surface area contributed by atoms with Gasteiger partial charge in [0.05, 0.1) is 50.6 Å². The summed E-state index contributed by atoms with van der Waals surface area (Å²) in [5.41, 5.74) is 6.62. The van der Waals surface area contributed by atoms with Crippen molar-refractivity contribution in [3.8, 4) is 0 Å². The van der Waals surface area contributed by atoms with Crippen molar-refractivity contribution in [2.45, 2.75) is 9.79 Å². The van der Waals surface area contributed by atoms with Gasteiger partial charge in [-0.3, -0.25) is 12.8 Å². The minimum Gasteiger partial charge on any atom is -0.744 e. The fraction of sp³-hybridized carbons (Fsp3) is 0.111. The molecule has 20 heteroatoms. The topological polar surface area (TPSA) is 217 Å². The Labute approximate surface area is 287 Å². The van der Waals surface area contributed by atoms with Gasteiger partial charge in [-0.1, -0.05) is 12.1 Å². The Balaban J connectivity index is 0.00000261. The summed E-state index contributed by atoms with van der Waals surface area (Å²) in [6.45, 7) is -0.251. The third-order valence-corrected chi connectivity index (χ3v) is 7.18. The van der Waals surface area contributed by atoms with Gasteiger partial charge in [0.15, 0.2) is 22.2 Å². The van der Waals surface area contributed by atoms with E-state index in [2.05, 4.69) is 38.2 Å². The Morgan fingerprint density at radius 2 is 1.58 bits per heavy atom. The Hall–Kier alpha value is 0.630. The van der Waals surface area contributed by atoms with Crippen molar-refractivity contribution in [2.24, 2.45) is 10.2 Å². The van der Waals surface area contributed by atoms with Crippen LogP contribution in [0.5, 0.6) is 0 Å². The van der Waals surface area contributed by atoms with Crippen LogP contribution in [-0.4, -0.2) is 33.7 Å². The van der Waals surface area contributed by atoms with Gasteiger partial charge in [0.2, 0.25) is 0 Å². The maximum Gasteiger partial charge on any atom is 1.00 e. The number of nitrogens with zero attached hydrogens (tertiary/aromatic N) is 2. The molecule has 3 N–H and O–H groups in total. The first-order valence-electron chi connectivity index (χ1n) is 9.22. The van der Waals surface area contributed by atoms with E-state index in [1.807, 2.05) is 0 Å². The molecule has 0 aliphatic rings. The predicted octanol–water partition coefficient (Wildman–Crippen LogP) is -1.60. The first-order valence-corrected chi connectivity index (χ1v) is 20.3. The standard InChI is InChI=1S/C18H17N3O9S3.HI2N.2Na/c19-17-8-2-12-1-5-15(33(25,26)27)11-16(12)18(17)21-20-13-3-6-14(7-4-13)32(23,24)10-9-28-31-30-29-22;1-2-3;;/h1-8,11,22H,9-10,19H2,(H,25,26,27);3H;;/q;;2*+1/p-2. The summed E-state index contributed by atoms with van der Waals surface area (Å²) in [7, 11) is -8.36. The smallest absolute Gasteiger partial charge is 0.744 e. The molecule has 3 aromatic carbocycles. The quantitative estimate of drug-likeness (QED) is 0.0273. The second-order valence-corrected chi connectivity index (χ2v) is 13.6. The number of nitrogens with one attached hydrogen (secondary N) is 1. The van der Waals surface area contributed by atoms with Crippen molar-refractivity contribution in [1.29, 1.82) is 3.56 Å². The molecule has 38 heavy (non-hydrogen) atoms. The van der Waals surface area contributed by atoms with Crippen LogP contribution in [0, 0.1) is 3.56 Å². The fourth-order valence-corrected chi connectivity index (χ4v) is 4.63. The summed E-state index contributed by atoms with van der Waals surface area (Å²) in [5, 5.41) is 21.7. The zero-order valence-corrected chi connectivity index (χ0v) is 30.5. The van der Waals surface area contributed by atoms with E-state index in [0.717, 1.165) is 0 Å². The van der Waals surface area contributed by atoms with Gasteiger partial charge in [-0.25, -0.2) is 16.8 Å². The molecule has 13 nitrogen and oxygen atoms in total. The molecule has 0 aliphatic carbocycles. The average Bonchev–Trinajstić information content (AvgIpc) is 2.83. The molecule has 0 spiro atoms. The van der Waals surface area contributed by atoms with Crippen LogP contribution in [0.2, 0.25) is 0 Å². The zero-order chi connectivity index (χ0) is 26.8. The number of nitrogen functional groups attached to an aromatic ring is 1. The Morgan fingerprint density at radius 3 is 2.16 bits per heavy atom. The number of nitrogens with two attached hydrogens (primary N) is 1. The van der Waals surface area contributed by atoms with Crippen molar-refractivity contribution in [3.05, 3.63) is 54.6 Å². The molecule has 0 radical (unpaired) electrons. The largest absolute Gasteiger partial charge is 1.00 e. The number of rotatable bonds is 10. The molecule has 0 amide bonds. The molecule has 0 saturated carbocycles. The van der Waals surface area contributed by atoms with Crippen molar-refractivity contribution < 1.29 is 99.3 Å². The normalized spacial score (nSPS) is 11.3. The SMILES string of the molecule is N=II.Nc1ccc2ccc(S(=O)(=O)[O-])cc2c1N=Nc1ccc(S(=O)(=O)CCOSOO[O-])cc1.[Na+].[Na+]. The molecule has 0 atom stereocenters. The zero-order valence-electron chi connectivity index (χ0n) is 19.7. The number of benzene rings is 3. The van der Waals surface area contributed by atoms with E-state index in [9.17, 15) is 26.6 Å². The number of fused-ring (bicyclic) bond motifs is 1. The molecular formula is C18H16I2N4Na2O9S3. The van der Waals surface area contributed by atoms with Crippen LogP contribution < -0.4 is 70.1 Å². The van der Waals surface area contributed by atoms with Crippen LogP contribution in [-0.2, 0) is 33.5 Å². The van der Waals surface area contributed by atoms with Gasteiger partial charge < -0.3 is 15.5 Å². The van der Waals surface area contributed by atoms with Crippen LogP contribution in [0.25, 0.3) is 10.8 Å². The van der Waals surface area contributed by atoms with E-state index in [0.29, 0.717) is 16.5 Å². The maximum atomic E-state index is 12.3. The van der Waals surface area contributed by atoms with Crippen molar-refractivity contribution in [1.82, 2.24) is 0 Å². The molecular weight excluding hydrogens is 812 g/mol. The number of hydrogen-bond acceptors (Lipinski definition) is 14. The van der Waals surface area contributed by atoms with Crippen LogP contribution >= 0.6 is 48.0 Å². The third-order valence-electron chi connectivity index (χ3n) is 4.28. The number of anilines is 1. The molecule has 0 bridgehead atoms. The van der Waals surface area contributed by atoms with E-state index < -0.39 is 24.9 Å². The summed E-state index contributed by atoms with van der Waals surface area (Å²) in [4.78, 5) is -0.424. The van der Waals surface area contributed by atoms with E-state index in [1.165, 1.54) is 42.5 Å². The first kappa shape index (κ1) is 38.6. The Bertz CT molecular complexity index is 1450. The molecule has 0 aromatic heterocycles. The number of hydrogen-bond donors (Lipinski definition) is 2. The predicted molar refractivity (Wildman–Crippen MR) is 145 cm³/mol. The van der Waals surface area contributed by atoms with Crippen LogP contribution in [0.4, 0.5) is 17.1 Å². The summed E-state index contributed by atoms with van der Waals surface area (Å²) in [5.74, 6) is -0.374. The van der Waals surface area contributed by atoms with E-state index >= 15 is 0 Å². The second-order valence-electron chi connectivity index (χ2n) is 6.45. The number of azo groups is 1. The van der Waals surface area contributed by atoms with Crippen LogP contribution in [0.1, 0.15) is 0 Å². The fourth-order valence-electron chi connectivity index (χ4n) is 2.72. The first-order chi connectivity index (χ1) is 17.0. The Kier molecular flexibility index (Phi) is 19.3. The van der Waals surface area contributed by atoms with Crippen LogP contribution in [0.15, 0.2) is 74.6 Å². The maximum absolute atomic E-state index is 12.3. The molecule has 3 rings (SSSR count). The summed E-state index contributed by atoms with van der Waals surface area (Å²) >= 11 is 2.09. The van der Waals surface area contributed by atoms with Gasteiger partial charge >= 0.3 is 59.1 Å². The number of sulfone groups is 1. The van der Waals surface area contributed by atoms with Gasteiger partial charge in [0.1, 0.15) is 15.8 Å². The molecule has 196 valence electrons. The van der Waals surface area contributed by atoms with Crippen molar-refractivity contribution in [3.63, 3.8) is 0 Å². The van der Waals surface area contributed by atoms with E-state index in [4.69, 9.17) is 13.5 Å².